The molecule has 1 atom stereocenters. The normalized spacial score (nSPS) is 19.0. The van der Waals surface area contributed by atoms with Crippen LogP contribution >= 0.6 is 0 Å². The van der Waals surface area contributed by atoms with E-state index in [-0.39, 0.29) is 24.1 Å². The van der Waals surface area contributed by atoms with Crippen molar-refractivity contribution >= 4 is 5.91 Å². The summed E-state index contributed by atoms with van der Waals surface area (Å²) < 4.78 is 18.4. The van der Waals surface area contributed by atoms with Crippen LogP contribution in [0.25, 0.3) is 0 Å². The number of piperidine rings is 1. The minimum Gasteiger partial charge on any atom is -0.496 e. The van der Waals surface area contributed by atoms with Crippen molar-refractivity contribution in [1.82, 2.24) is 10.2 Å². The fraction of sp³-hybridized carbons (Fsp3) is 0.562. The van der Waals surface area contributed by atoms with Gasteiger partial charge in [0.2, 0.25) is 0 Å². The number of benzene rings is 1. The van der Waals surface area contributed by atoms with Crippen molar-refractivity contribution in [2.45, 2.75) is 25.3 Å². The first-order valence-electron chi connectivity index (χ1n) is 7.62. The molecule has 122 valence electrons. The van der Waals surface area contributed by atoms with Gasteiger partial charge in [0.15, 0.2) is 0 Å². The highest BCUT2D eigenvalue weighted by molar-refractivity contribution is 5.96. The first-order chi connectivity index (χ1) is 10.7. The van der Waals surface area contributed by atoms with Crippen molar-refractivity contribution in [2.24, 2.45) is 0 Å². The van der Waals surface area contributed by atoms with Gasteiger partial charge in [0.1, 0.15) is 11.6 Å². The van der Waals surface area contributed by atoms with E-state index in [4.69, 9.17) is 4.74 Å². The second kappa shape index (κ2) is 8.10. The Bertz CT molecular complexity index is 510. The maximum Gasteiger partial charge on any atom is 0.255 e. The van der Waals surface area contributed by atoms with Crippen LogP contribution in [0.2, 0.25) is 0 Å². The number of aliphatic hydroxyl groups is 1. The molecule has 1 heterocycles. The van der Waals surface area contributed by atoms with Crippen molar-refractivity contribution in [3.05, 3.63) is 29.6 Å². The smallest absolute Gasteiger partial charge is 0.255 e. The fourth-order valence-corrected chi connectivity index (χ4v) is 2.83. The molecule has 0 aromatic heterocycles. The summed E-state index contributed by atoms with van der Waals surface area (Å²) in [5.74, 6) is -0.471. The molecule has 0 saturated carbocycles. The number of carbonyl (C=O) groups is 1. The highest BCUT2D eigenvalue weighted by atomic mass is 19.1. The molecule has 1 saturated heterocycles. The van der Waals surface area contributed by atoms with Crippen molar-refractivity contribution < 1.29 is 19.0 Å². The van der Waals surface area contributed by atoms with Gasteiger partial charge >= 0.3 is 0 Å². The Hall–Kier alpha value is -1.66. The number of hydrogen-bond donors (Lipinski definition) is 2. The molecule has 1 amide bonds. The standard InChI is InChI=1S/C16H23FN2O3/c1-22-15-6-5-12(17)10-14(15)16(21)18-7-9-19-8-3-2-4-13(19)11-20/h5-6,10,13,20H,2-4,7-9,11H2,1H3,(H,18,21). The van der Waals surface area contributed by atoms with E-state index in [9.17, 15) is 14.3 Å². The van der Waals surface area contributed by atoms with E-state index in [2.05, 4.69) is 10.2 Å². The largest absolute Gasteiger partial charge is 0.496 e. The molecule has 0 spiro atoms. The van der Waals surface area contributed by atoms with Gasteiger partial charge in [-0.2, -0.15) is 0 Å². The van der Waals surface area contributed by atoms with Gasteiger partial charge in [-0.05, 0) is 37.6 Å². The lowest BCUT2D eigenvalue weighted by Gasteiger charge is -2.34. The molecule has 0 radical (unpaired) electrons. The Labute approximate surface area is 130 Å². The highest BCUT2D eigenvalue weighted by Gasteiger charge is 2.21. The topological polar surface area (TPSA) is 61.8 Å². The number of nitrogens with one attached hydrogen (secondary N) is 1. The minimum atomic E-state index is -0.470. The number of nitrogens with zero attached hydrogens (tertiary/aromatic N) is 1. The van der Waals surface area contributed by atoms with Crippen molar-refractivity contribution in [3.8, 4) is 5.75 Å². The summed E-state index contributed by atoms with van der Waals surface area (Å²) in [5.41, 5.74) is 0.194. The summed E-state index contributed by atoms with van der Waals surface area (Å²) >= 11 is 0. The Morgan fingerprint density at radius 3 is 3.05 bits per heavy atom. The number of aliphatic hydroxyl groups excluding tert-OH is 1. The van der Waals surface area contributed by atoms with Crippen molar-refractivity contribution in [3.63, 3.8) is 0 Å². The predicted octanol–water partition coefficient (Wildman–Crippen LogP) is 1.41. The fourth-order valence-electron chi connectivity index (χ4n) is 2.83. The first-order valence-corrected chi connectivity index (χ1v) is 7.62. The van der Waals surface area contributed by atoms with E-state index in [0.717, 1.165) is 25.8 Å². The monoisotopic (exact) mass is 310 g/mol. The van der Waals surface area contributed by atoms with Crippen LogP contribution in [0.15, 0.2) is 18.2 Å². The van der Waals surface area contributed by atoms with Crippen LogP contribution in [0, 0.1) is 5.82 Å². The van der Waals surface area contributed by atoms with Gasteiger partial charge in [-0.3, -0.25) is 9.69 Å². The number of methoxy groups -OCH3 is 1. The van der Waals surface area contributed by atoms with Crippen molar-refractivity contribution in [1.29, 1.82) is 0 Å². The molecular weight excluding hydrogens is 287 g/mol. The molecule has 1 aromatic carbocycles. The number of rotatable bonds is 6. The number of amides is 1. The van der Waals surface area contributed by atoms with Crippen LogP contribution in [0.3, 0.4) is 0 Å². The molecule has 6 heteroatoms. The molecular formula is C16H23FN2O3. The van der Waals surface area contributed by atoms with Gasteiger partial charge in [0.25, 0.3) is 5.91 Å². The van der Waals surface area contributed by atoms with Crippen LogP contribution < -0.4 is 10.1 Å². The summed E-state index contributed by atoms with van der Waals surface area (Å²) in [6.07, 6.45) is 3.24. The second-order valence-corrected chi connectivity index (χ2v) is 5.47. The predicted molar refractivity (Wildman–Crippen MR) is 81.6 cm³/mol. The van der Waals surface area contributed by atoms with Crippen LogP contribution in [0.1, 0.15) is 29.6 Å². The Morgan fingerprint density at radius 2 is 2.32 bits per heavy atom. The molecule has 2 N–H and O–H groups in total. The van der Waals surface area contributed by atoms with Crippen LogP contribution in [0.5, 0.6) is 5.75 Å². The molecule has 5 nitrogen and oxygen atoms in total. The zero-order valence-corrected chi connectivity index (χ0v) is 12.8. The molecule has 1 aliphatic heterocycles. The van der Waals surface area contributed by atoms with Crippen molar-refractivity contribution in [2.75, 3.05) is 33.4 Å². The van der Waals surface area contributed by atoms with Gasteiger partial charge in [-0.25, -0.2) is 4.39 Å². The number of halogens is 1. The van der Waals surface area contributed by atoms with E-state index in [1.165, 1.54) is 25.3 Å². The minimum absolute atomic E-state index is 0.145. The average Bonchev–Trinajstić information content (AvgIpc) is 2.55. The zero-order valence-electron chi connectivity index (χ0n) is 12.8. The number of carbonyl (C=O) groups excluding carboxylic acids is 1. The van der Waals surface area contributed by atoms with Gasteiger partial charge in [-0.1, -0.05) is 6.42 Å². The average molecular weight is 310 g/mol. The van der Waals surface area contributed by atoms with E-state index >= 15 is 0 Å². The Balaban J connectivity index is 1.89. The molecule has 1 unspecified atom stereocenters. The lowest BCUT2D eigenvalue weighted by Crippen LogP contribution is -2.45. The quantitative estimate of drug-likeness (QED) is 0.834. The molecule has 1 fully saturated rings. The van der Waals surface area contributed by atoms with Crippen LogP contribution in [-0.2, 0) is 0 Å². The molecule has 1 aliphatic rings. The SMILES string of the molecule is COc1ccc(F)cc1C(=O)NCCN1CCCCC1CO. The van der Waals surface area contributed by atoms with E-state index in [1.807, 2.05) is 0 Å². The molecule has 0 aliphatic carbocycles. The highest BCUT2D eigenvalue weighted by Crippen LogP contribution is 2.19. The number of ether oxygens (including phenoxy) is 1. The summed E-state index contributed by atoms with van der Waals surface area (Å²) in [6.45, 7) is 2.21. The van der Waals surface area contributed by atoms with Gasteiger partial charge in [-0.15, -0.1) is 0 Å². The van der Waals surface area contributed by atoms with E-state index in [1.54, 1.807) is 0 Å². The summed E-state index contributed by atoms with van der Waals surface area (Å²) in [4.78, 5) is 14.3. The van der Waals surface area contributed by atoms with E-state index < -0.39 is 5.82 Å². The molecule has 22 heavy (non-hydrogen) atoms. The first kappa shape index (κ1) is 16.7. The maximum absolute atomic E-state index is 13.3. The molecule has 1 aromatic rings. The lowest BCUT2D eigenvalue weighted by molar-refractivity contribution is 0.0847. The maximum atomic E-state index is 13.3. The molecule has 0 bridgehead atoms. The number of likely N-dealkylation sites (tertiary alicyclic amines) is 1. The summed E-state index contributed by atoms with van der Waals surface area (Å²) in [6, 6.07) is 4.05. The zero-order chi connectivity index (χ0) is 15.9. The summed E-state index contributed by atoms with van der Waals surface area (Å²) in [5, 5.41) is 12.1. The third-order valence-corrected chi connectivity index (χ3v) is 4.05. The van der Waals surface area contributed by atoms with E-state index in [0.29, 0.717) is 18.8 Å². The van der Waals surface area contributed by atoms with Gasteiger partial charge in [0.05, 0.1) is 19.3 Å². The third-order valence-electron chi connectivity index (χ3n) is 4.05. The lowest BCUT2D eigenvalue weighted by atomic mass is 10.0. The van der Waals surface area contributed by atoms with Gasteiger partial charge in [0, 0.05) is 19.1 Å². The van der Waals surface area contributed by atoms with Gasteiger partial charge < -0.3 is 15.2 Å². The van der Waals surface area contributed by atoms with Crippen LogP contribution in [0.4, 0.5) is 4.39 Å². The van der Waals surface area contributed by atoms with Crippen LogP contribution in [-0.4, -0.2) is 55.3 Å². The second-order valence-electron chi connectivity index (χ2n) is 5.47. The number of hydrogen-bond acceptors (Lipinski definition) is 4. The third kappa shape index (κ3) is 4.18. The Morgan fingerprint density at radius 1 is 1.50 bits per heavy atom. The molecule has 2 rings (SSSR count). The Kier molecular flexibility index (Phi) is 6.15. The summed E-state index contributed by atoms with van der Waals surface area (Å²) in [7, 11) is 1.45.